The second-order valence-electron chi connectivity index (χ2n) is 2.35. The van der Waals surface area contributed by atoms with Crippen molar-refractivity contribution in [1.82, 2.24) is 0 Å². The van der Waals surface area contributed by atoms with Crippen molar-refractivity contribution in [3.8, 4) is 0 Å². The Balaban J connectivity index is 2.78. The Labute approximate surface area is 68.9 Å². The van der Waals surface area contributed by atoms with Gasteiger partial charge in [-0.1, -0.05) is 35.0 Å². The number of rotatable bonds is 1. The van der Waals surface area contributed by atoms with Gasteiger partial charge in [-0.15, -0.1) is 0 Å². The lowest BCUT2D eigenvalue weighted by Crippen LogP contribution is -2.15. The molecule has 1 rings (SSSR count). The van der Waals surface area contributed by atoms with Crippen LogP contribution >= 0.6 is 15.9 Å². The molecule has 0 radical (unpaired) electrons. The average Bonchev–Trinajstić information content (AvgIpc) is 1.96. The number of allylic oxidation sites excluding steroid dienone is 4. The van der Waals surface area contributed by atoms with Crippen LogP contribution < -0.4 is 0 Å². The van der Waals surface area contributed by atoms with E-state index in [4.69, 9.17) is 0 Å². The molecule has 0 aromatic heterocycles. The van der Waals surface area contributed by atoms with Crippen LogP contribution in [0.25, 0.3) is 0 Å². The quantitative estimate of drug-likeness (QED) is 0.594. The van der Waals surface area contributed by atoms with Crippen molar-refractivity contribution in [2.24, 2.45) is 0 Å². The zero-order valence-corrected chi connectivity index (χ0v) is 7.39. The summed E-state index contributed by atoms with van der Waals surface area (Å²) in [4.78, 5) is 10.7. The first-order valence-electron chi connectivity index (χ1n) is 3.28. The SMILES string of the molecule is CCC1(Br)C=CC(=O)C=C1. The molecule has 0 atom stereocenters. The fourth-order valence-corrected chi connectivity index (χ4v) is 1.05. The van der Waals surface area contributed by atoms with Gasteiger partial charge >= 0.3 is 0 Å². The van der Waals surface area contributed by atoms with Gasteiger partial charge in [-0.25, -0.2) is 0 Å². The van der Waals surface area contributed by atoms with E-state index in [2.05, 4.69) is 22.9 Å². The first-order chi connectivity index (χ1) is 4.66. The molecule has 10 heavy (non-hydrogen) atoms. The van der Waals surface area contributed by atoms with Gasteiger partial charge in [0.1, 0.15) is 0 Å². The molecule has 0 heterocycles. The van der Waals surface area contributed by atoms with Crippen molar-refractivity contribution >= 4 is 21.7 Å². The van der Waals surface area contributed by atoms with Gasteiger partial charge in [-0.3, -0.25) is 4.79 Å². The summed E-state index contributed by atoms with van der Waals surface area (Å²) in [6, 6.07) is 0. The van der Waals surface area contributed by atoms with Crippen LogP contribution in [0.4, 0.5) is 0 Å². The van der Waals surface area contributed by atoms with Crippen molar-refractivity contribution < 1.29 is 4.79 Å². The number of carbonyl (C=O) groups is 1. The highest BCUT2D eigenvalue weighted by molar-refractivity contribution is 9.10. The van der Waals surface area contributed by atoms with Crippen LogP contribution in [-0.4, -0.2) is 10.1 Å². The highest BCUT2D eigenvalue weighted by Crippen LogP contribution is 2.27. The average molecular weight is 201 g/mol. The minimum atomic E-state index is -0.0685. The molecule has 54 valence electrons. The van der Waals surface area contributed by atoms with Crippen LogP contribution in [-0.2, 0) is 4.79 Å². The molecule has 0 aromatic carbocycles. The summed E-state index contributed by atoms with van der Waals surface area (Å²) in [6.07, 6.45) is 7.93. The molecule has 1 aliphatic rings. The van der Waals surface area contributed by atoms with Crippen LogP contribution in [0.15, 0.2) is 24.3 Å². The molecule has 2 heteroatoms. The first-order valence-corrected chi connectivity index (χ1v) is 4.07. The number of hydrogen-bond donors (Lipinski definition) is 0. The molecule has 0 aromatic rings. The van der Waals surface area contributed by atoms with E-state index in [0.29, 0.717) is 0 Å². The van der Waals surface area contributed by atoms with E-state index in [1.807, 2.05) is 12.2 Å². The minimum Gasteiger partial charge on any atom is -0.290 e. The van der Waals surface area contributed by atoms with Gasteiger partial charge in [-0.05, 0) is 18.6 Å². The Morgan fingerprint density at radius 2 is 2.00 bits per heavy atom. The van der Waals surface area contributed by atoms with Crippen molar-refractivity contribution in [2.75, 3.05) is 0 Å². The summed E-state index contributed by atoms with van der Waals surface area (Å²) in [6.45, 7) is 2.07. The Morgan fingerprint density at radius 1 is 1.50 bits per heavy atom. The third kappa shape index (κ3) is 1.57. The maximum absolute atomic E-state index is 10.7. The van der Waals surface area contributed by atoms with E-state index >= 15 is 0 Å². The van der Waals surface area contributed by atoms with Crippen molar-refractivity contribution in [3.05, 3.63) is 24.3 Å². The third-order valence-corrected chi connectivity index (χ3v) is 2.68. The Morgan fingerprint density at radius 3 is 2.40 bits per heavy atom. The minimum absolute atomic E-state index is 0.0685. The van der Waals surface area contributed by atoms with Crippen molar-refractivity contribution in [2.45, 2.75) is 17.7 Å². The van der Waals surface area contributed by atoms with Gasteiger partial charge in [0.15, 0.2) is 5.78 Å². The lowest BCUT2D eigenvalue weighted by molar-refractivity contribution is -0.110. The van der Waals surface area contributed by atoms with Crippen molar-refractivity contribution in [1.29, 1.82) is 0 Å². The van der Waals surface area contributed by atoms with Crippen LogP contribution in [0.2, 0.25) is 0 Å². The van der Waals surface area contributed by atoms with Crippen LogP contribution in [0.1, 0.15) is 13.3 Å². The molecule has 1 aliphatic carbocycles. The van der Waals surface area contributed by atoms with Crippen LogP contribution in [0.5, 0.6) is 0 Å². The predicted octanol–water partition coefficient (Wildman–Crippen LogP) is 2.23. The first kappa shape index (κ1) is 7.73. The van der Waals surface area contributed by atoms with Gasteiger partial charge in [0.2, 0.25) is 0 Å². The van der Waals surface area contributed by atoms with E-state index in [0.717, 1.165) is 6.42 Å². The van der Waals surface area contributed by atoms with Gasteiger partial charge in [0.25, 0.3) is 0 Å². The molecule has 0 unspecified atom stereocenters. The van der Waals surface area contributed by atoms with Crippen LogP contribution in [0, 0.1) is 0 Å². The fraction of sp³-hybridized carbons (Fsp3) is 0.375. The molecule has 0 spiro atoms. The highest BCUT2D eigenvalue weighted by atomic mass is 79.9. The Kier molecular flexibility index (Phi) is 2.09. The summed E-state index contributed by atoms with van der Waals surface area (Å²) in [5.74, 6) is 0.0727. The Bertz CT molecular complexity index is 187. The fourth-order valence-electron chi connectivity index (χ4n) is 0.788. The molecule has 0 amide bonds. The molecule has 0 bridgehead atoms. The zero-order valence-electron chi connectivity index (χ0n) is 5.80. The summed E-state index contributed by atoms with van der Waals surface area (Å²) in [5, 5.41) is 0. The molecular formula is C8H9BrO. The zero-order chi connectivity index (χ0) is 7.61. The van der Waals surface area contributed by atoms with E-state index in [-0.39, 0.29) is 10.1 Å². The topological polar surface area (TPSA) is 17.1 Å². The molecular weight excluding hydrogens is 192 g/mol. The van der Waals surface area contributed by atoms with Gasteiger partial charge in [0.05, 0.1) is 4.32 Å². The van der Waals surface area contributed by atoms with Crippen molar-refractivity contribution in [3.63, 3.8) is 0 Å². The predicted molar refractivity (Wildman–Crippen MR) is 45.2 cm³/mol. The van der Waals surface area contributed by atoms with E-state index < -0.39 is 0 Å². The molecule has 0 saturated heterocycles. The van der Waals surface area contributed by atoms with E-state index in [9.17, 15) is 4.79 Å². The van der Waals surface area contributed by atoms with Gasteiger partial charge in [0, 0.05) is 0 Å². The lowest BCUT2D eigenvalue weighted by Gasteiger charge is -2.18. The molecule has 0 saturated carbocycles. The number of alkyl halides is 1. The number of halogens is 1. The monoisotopic (exact) mass is 200 g/mol. The largest absolute Gasteiger partial charge is 0.290 e. The Hall–Kier alpha value is -0.370. The number of hydrogen-bond acceptors (Lipinski definition) is 1. The maximum Gasteiger partial charge on any atom is 0.178 e. The smallest absolute Gasteiger partial charge is 0.178 e. The summed E-state index contributed by atoms with van der Waals surface area (Å²) < 4.78 is -0.0685. The summed E-state index contributed by atoms with van der Waals surface area (Å²) in [5.41, 5.74) is 0. The second kappa shape index (κ2) is 2.70. The standard InChI is InChI=1S/C8H9BrO/c1-2-8(9)5-3-7(10)4-6-8/h3-6H,2H2,1H3. The van der Waals surface area contributed by atoms with E-state index in [1.54, 1.807) is 12.2 Å². The van der Waals surface area contributed by atoms with Gasteiger partial charge in [-0.2, -0.15) is 0 Å². The number of ketones is 1. The van der Waals surface area contributed by atoms with Crippen LogP contribution in [0.3, 0.4) is 0 Å². The summed E-state index contributed by atoms with van der Waals surface area (Å²) in [7, 11) is 0. The normalized spacial score (nSPS) is 21.6. The number of carbonyl (C=O) groups excluding carboxylic acids is 1. The second-order valence-corrected chi connectivity index (χ2v) is 3.83. The van der Waals surface area contributed by atoms with Gasteiger partial charge < -0.3 is 0 Å². The molecule has 0 fully saturated rings. The molecule has 0 N–H and O–H groups in total. The molecule has 1 nitrogen and oxygen atoms in total. The highest BCUT2D eigenvalue weighted by Gasteiger charge is 2.19. The maximum atomic E-state index is 10.7. The third-order valence-electron chi connectivity index (χ3n) is 1.59. The lowest BCUT2D eigenvalue weighted by atomic mass is 10.0. The van der Waals surface area contributed by atoms with E-state index in [1.165, 1.54) is 0 Å². The summed E-state index contributed by atoms with van der Waals surface area (Å²) >= 11 is 3.50. The molecule has 0 aliphatic heterocycles.